The van der Waals surface area contributed by atoms with Gasteiger partial charge in [-0.1, -0.05) is 54.6 Å². The van der Waals surface area contributed by atoms with E-state index >= 15 is 0 Å². The molecule has 5 nitrogen and oxygen atoms in total. The minimum Gasteiger partial charge on any atom is -0.321 e. The van der Waals surface area contributed by atoms with Crippen molar-refractivity contribution >= 4 is 10.9 Å². The molecule has 0 aliphatic heterocycles. The SMILES string of the molecule is NC1(c2ccc(-c3nc4ccnc(-c5cn[nH]c5)c4cc3-c3ccccc3)cc2)CC1. The highest BCUT2D eigenvalue weighted by Crippen LogP contribution is 2.43. The highest BCUT2D eigenvalue weighted by molar-refractivity contribution is 5.98. The van der Waals surface area contributed by atoms with Crippen LogP contribution in [-0.2, 0) is 5.54 Å². The molecule has 6 rings (SSSR count). The summed E-state index contributed by atoms with van der Waals surface area (Å²) in [7, 11) is 0. The van der Waals surface area contributed by atoms with E-state index in [-0.39, 0.29) is 5.54 Å². The van der Waals surface area contributed by atoms with Crippen molar-refractivity contribution in [2.45, 2.75) is 18.4 Å². The van der Waals surface area contributed by atoms with E-state index in [4.69, 9.17) is 10.7 Å². The van der Waals surface area contributed by atoms with Crippen LogP contribution in [-0.4, -0.2) is 20.2 Å². The molecule has 31 heavy (non-hydrogen) atoms. The molecule has 2 aromatic carbocycles. The van der Waals surface area contributed by atoms with Gasteiger partial charge in [-0.25, -0.2) is 4.98 Å². The van der Waals surface area contributed by atoms with Gasteiger partial charge in [0.2, 0.25) is 0 Å². The third kappa shape index (κ3) is 3.10. The van der Waals surface area contributed by atoms with E-state index in [2.05, 4.69) is 69.8 Å². The highest BCUT2D eigenvalue weighted by atomic mass is 15.1. The van der Waals surface area contributed by atoms with Crippen molar-refractivity contribution in [3.63, 3.8) is 0 Å². The lowest BCUT2D eigenvalue weighted by Crippen LogP contribution is -2.18. The van der Waals surface area contributed by atoms with E-state index in [1.165, 1.54) is 5.56 Å². The Morgan fingerprint density at radius 3 is 2.35 bits per heavy atom. The summed E-state index contributed by atoms with van der Waals surface area (Å²) in [5.74, 6) is 0. The molecule has 5 aromatic rings. The Morgan fingerprint density at radius 1 is 0.839 bits per heavy atom. The van der Waals surface area contributed by atoms with Crippen LogP contribution < -0.4 is 5.73 Å². The first-order valence-electron chi connectivity index (χ1n) is 10.5. The van der Waals surface area contributed by atoms with Crippen LogP contribution in [0.1, 0.15) is 18.4 Å². The van der Waals surface area contributed by atoms with E-state index in [0.29, 0.717) is 0 Å². The fourth-order valence-electron chi connectivity index (χ4n) is 4.15. The Kier molecular flexibility index (Phi) is 3.98. The third-order valence-electron chi connectivity index (χ3n) is 6.12. The van der Waals surface area contributed by atoms with Gasteiger partial charge in [-0.05, 0) is 36.1 Å². The van der Waals surface area contributed by atoms with Crippen molar-refractivity contribution in [3.05, 3.63) is 90.9 Å². The number of nitrogens with two attached hydrogens (primary N) is 1. The molecule has 0 radical (unpaired) electrons. The standard InChI is InChI=1S/C26H21N5/c27-26(11-12-26)20-8-6-18(7-9-20)25-21(17-4-2-1-3-5-17)14-22-23(31-25)10-13-28-24(22)19-15-29-30-16-19/h1-10,13-16H,11-12,27H2,(H,29,30). The number of H-pyrrole nitrogens is 1. The van der Waals surface area contributed by atoms with Gasteiger partial charge in [0.1, 0.15) is 0 Å². The molecule has 1 fully saturated rings. The van der Waals surface area contributed by atoms with Crippen LogP contribution in [0.5, 0.6) is 0 Å². The maximum absolute atomic E-state index is 6.38. The molecule has 150 valence electrons. The molecule has 1 aliphatic carbocycles. The van der Waals surface area contributed by atoms with E-state index in [9.17, 15) is 0 Å². The lowest BCUT2D eigenvalue weighted by molar-refractivity contribution is 0.740. The van der Waals surface area contributed by atoms with Crippen molar-refractivity contribution in [2.24, 2.45) is 5.73 Å². The lowest BCUT2D eigenvalue weighted by atomic mass is 9.95. The number of nitrogens with one attached hydrogen (secondary N) is 1. The van der Waals surface area contributed by atoms with Crippen molar-refractivity contribution in [3.8, 4) is 33.6 Å². The summed E-state index contributed by atoms with van der Waals surface area (Å²) in [4.78, 5) is 9.72. The first-order chi connectivity index (χ1) is 15.2. The summed E-state index contributed by atoms with van der Waals surface area (Å²) in [6.07, 6.45) is 7.56. The Balaban J connectivity index is 1.58. The fourth-order valence-corrected chi connectivity index (χ4v) is 4.15. The molecule has 0 amide bonds. The average molecular weight is 403 g/mol. The van der Waals surface area contributed by atoms with E-state index in [1.54, 1.807) is 12.4 Å². The molecule has 3 heterocycles. The van der Waals surface area contributed by atoms with Crippen LogP contribution in [0.15, 0.2) is 85.3 Å². The molecule has 3 aromatic heterocycles. The Morgan fingerprint density at radius 2 is 1.65 bits per heavy atom. The number of aromatic nitrogens is 4. The van der Waals surface area contributed by atoms with Crippen molar-refractivity contribution in [1.82, 2.24) is 20.2 Å². The molecule has 0 unspecified atom stereocenters. The molecule has 3 N–H and O–H groups in total. The normalized spacial score (nSPS) is 14.6. The summed E-state index contributed by atoms with van der Waals surface area (Å²) in [5, 5.41) is 7.97. The lowest BCUT2D eigenvalue weighted by Gasteiger charge is -2.14. The molecular weight excluding hydrogens is 382 g/mol. The van der Waals surface area contributed by atoms with E-state index in [1.807, 2.05) is 18.3 Å². The minimum atomic E-state index is -0.136. The van der Waals surface area contributed by atoms with Gasteiger partial charge in [-0.3, -0.25) is 10.1 Å². The Hall–Kier alpha value is -3.83. The molecule has 0 spiro atoms. The van der Waals surface area contributed by atoms with Crippen LogP contribution in [0.25, 0.3) is 44.5 Å². The summed E-state index contributed by atoms with van der Waals surface area (Å²) >= 11 is 0. The maximum Gasteiger partial charge on any atom is 0.0827 e. The van der Waals surface area contributed by atoms with Gasteiger partial charge in [0.15, 0.2) is 0 Å². The number of nitrogens with zero attached hydrogens (tertiary/aromatic N) is 3. The molecule has 0 atom stereocenters. The van der Waals surface area contributed by atoms with Crippen molar-refractivity contribution in [1.29, 1.82) is 0 Å². The van der Waals surface area contributed by atoms with Crippen LogP contribution in [0.4, 0.5) is 0 Å². The van der Waals surface area contributed by atoms with Gasteiger partial charge in [0, 0.05) is 40.0 Å². The molecule has 1 saturated carbocycles. The topological polar surface area (TPSA) is 80.5 Å². The first kappa shape index (κ1) is 18.0. The maximum atomic E-state index is 6.38. The second-order valence-corrected chi connectivity index (χ2v) is 8.20. The number of fused-ring (bicyclic) bond motifs is 1. The van der Waals surface area contributed by atoms with Crippen molar-refractivity contribution < 1.29 is 0 Å². The summed E-state index contributed by atoms with van der Waals surface area (Å²) < 4.78 is 0. The van der Waals surface area contributed by atoms with Gasteiger partial charge in [-0.2, -0.15) is 5.10 Å². The number of pyridine rings is 2. The number of hydrogen-bond donors (Lipinski definition) is 2. The highest BCUT2D eigenvalue weighted by Gasteiger charge is 2.39. The van der Waals surface area contributed by atoms with Crippen LogP contribution in [0.3, 0.4) is 0 Å². The third-order valence-corrected chi connectivity index (χ3v) is 6.12. The number of aromatic amines is 1. The molecule has 0 bridgehead atoms. The molecule has 0 saturated heterocycles. The van der Waals surface area contributed by atoms with E-state index < -0.39 is 0 Å². The second-order valence-electron chi connectivity index (χ2n) is 8.20. The number of hydrogen-bond acceptors (Lipinski definition) is 4. The van der Waals surface area contributed by atoms with Crippen molar-refractivity contribution in [2.75, 3.05) is 0 Å². The molecule has 5 heteroatoms. The monoisotopic (exact) mass is 403 g/mol. The zero-order valence-corrected chi connectivity index (χ0v) is 16.9. The largest absolute Gasteiger partial charge is 0.321 e. The molecule has 1 aliphatic rings. The van der Waals surface area contributed by atoms with Gasteiger partial charge < -0.3 is 5.73 Å². The van der Waals surface area contributed by atoms with Gasteiger partial charge in [0.05, 0.1) is 23.1 Å². The van der Waals surface area contributed by atoms with Crippen LogP contribution in [0.2, 0.25) is 0 Å². The zero-order valence-electron chi connectivity index (χ0n) is 16.9. The Bertz CT molecular complexity index is 1370. The van der Waals surface area contributed by atoms with Crippen LogP contribution >= 0.6 is 0 Å². The number of benzene rings is 2. The van der Waals surface area contributed by atoms with Crippen LogP contribution in [0, 0.1) is 0 Å². The van der Waals surface area contributed by atoms with Gasteiger partial charge in [-0.15, -0.1) is 0 Å². The van der Waals surface area contributed by atoms with Gasteiger partial charge >= 0.3 is 0 Å². The predicted molar refractivity (Wildman–Crippen MR) is 123 cm³/mol. The molecular formula is C26H21N5. The number of rotatable bonds is 4. The second kappa shape index (κ2) is 6.86. The quantitative estimate of drug-likeness (QED) is 0.427. The Labute approximate surface area is 180 Å². The first-order valence-corrected chi connectivity index (χ1v) is 10.5. The summed E-state index contributed by atoms with van der Waals surface area (Å²) in [6.45, 7) is 0. The smallest absolute Gasteiger partial charge is 0.0827 e. The zero-order chi connectivity index (χ0) is 20.8. The van der Waals surface area contributed by atoms with E-state index in [0.717, 1.165) is 57.4 Å². The summed E-state index contributed by atoms with van der Waals surface area (Å²) in [5.41, 5.74) is 14.4. The van der Waals surface area contributed by atoms with Gasteiger partial charge in [0.25, 0.3) is 0 Å². The fraction of sp³-hybridized carbons (Fsp3) is 0.115. The minimum absolute atomic E-state index is 0.136. The summed E-state index contributed by atoms with van der Waals surface area (Å²) in [6, 6.07) is 23.1. The predicted octanol–water partition coefficient (Wildman–Crippen LogP) is 5.30. The average Bonchev–Trinajstić information content (AvgIpc) is 3.34.